The van der Waals surface area contributed by atoms with Gasteiger partial charge in [0.1, 0.15) is 5.82 Å². The van der Waals surface area contributed by atoms with Crippen LogP contribution in [0.2, 0.25) is 0 Å². The lowest BCUT2D eigenvalue weighted by atomic mass is 10.2. The van der Waals surface area contributed by atoms with Gasteiger partial charge in [-0.1, -0.05) is 35.0 Å². The Morgan fingerprint density at radius 3 is 2.73 bits per heavy atom. The zero-order valence-corrected chi connectivity index (χ0v) is 11.8. The molecule has 0 aliphatic rings. The maximum absolute atomic E-state index is 13.2. The molecule has 1 aromatic rings. The zero-order valence-electron chi connectivity index (χ0n) is 8.64. The van der Waals surface area contributed by atoms with Crippen molar-refractivity contribution < 1.29 is 4.39 Å². The minimum atomic E-state index is -0.192. The summed E-state index contributed by atoms with van der Waals surface area (Å²) in [5.41, 5.74) is 0.998. The fraction of sp³-hybridized carbons (Fsp3) is 0.455. The van der Waals surface area contributed by atoms with E-state index in [9.17, 15) is 4.39 Å². The summed E-state index contributed by atoms with van der Waals surface area (Å²) in [6, 6.07) is 5.16. The number of hydrogen-bond donors (Lipinski definition) is 0. The van der Waals surface area contributed by atoms with Crippen LogP contribution in [0.25, 0.3) is 0 Å². The summed E-state index contributed by atoms with van der Waals surface area (Å²) in [4.78, 5) is 2.26. The molecule has 0 unspecified atom stereocenters. The molecular formula is C11H14Br2FN. The number of benzene rings is 1. The van der Waals surface area contributed by atoms with Gasteiger partial charge in [-0.05, 0) is 34.1 Å². The summed E-state index contributed by atoms with van der Waals surface area (Å²) in [7, 11) is 0. The van der Waals surface area contributed by atoms with Gasteiger partial charge in [0.2, 0.25) is 0 Å². The Labute approximate surface area is 107 Å². The van der Waals surface area contributed by atoms with E-state index in [2.05, 4.69) is 43.7 Å². The molecule has 1 rings (SSSR count). The molecular weight excluding hydrogens is 325 g/mol. The van der Waals surface area contributed by atoms with E-state index in [-0.39, 0.29) is 5.82 Å². The molecule has 0 radical (unpaired) electrons. The number of halogens is 3. The van der Waals surface area contributed by atoms with Crippen molar-refractivity contribution in [2.75, 3.05) is 18.4 Å². The molecule has 0 spiro atoms. The van der Waals surface area contributed by atoms with Gasteiger partial charge in [0.05, 0.1) is 4.47 Å². The average Bonchev–Trinajstić information content (AvgIpc) is 2.24. The van der Waals surface area contributed by atoms with E-state index in [1.54, 1.807) is 6.07 Å². The second kappa shape index (κ2) is 6.61. The standard InChI is InChI=1S/C11H14Br2FN/c1-2-15(7-6-12)8-9-4-3-5-10(14)11(9)13/h3-5H,2,6-8H2,1H3. The van der Waals surface area contributed by atoms with Gasteiger partial charge >= 0.3 is 0 Å². The Kier molecular flexibility index (Phi) is 5.79. The first-order chi connectivity index (χ1) is 7.19. The number of nitrogens with zero attached hydrogens (tertiary/aromatic N) is 1. The highest BCUT2D eigenvalue weighted by atomic mass is 79.9. The molecule has 0 N–H and O–H groups in total. The van der Waals surface area contributed by atoms with Gasteiger partial charge in [-0.25, -0.2) is 4.39 Å². The largest absolute Gasteiger partial charge is 0.298 e. The molecule has 1 nitrogen and oxygen atoms in total. The fourth-order valence-corrected chi connectivity index (χ4v) is 2.27. The molecule has 0 saturated carbocycles. The van der Waals surface area contributed by atoms with Gasteiger partial charge in [-0.2, -0.15) is 0 Å². The Morgan fingerprint density at radius 2 is 2.13 bits per heavy atom. The molecule has 0 aliphatic heterocycles. The molecule has 1 aromatic carbocycles. The van der Waals surface area contributed by atoms with Crippen LogP contribution in [0.4, 0.5) is 4.39 Å². The van der Waals surface area contributed by atoms with Crippen LogP contribution in [0, 0.1) is 5.82 Å². The van der Waals surface area contributed by atoms with Gasteiger partial charge in [-0.15, -0.1) is 0 Å². The Hall–Kier alpha value is 0.0700. The van der Waals surface area contributed by atoms with Crippen LogP contribution in [0.15, 0.2) is 22.7 Å². The summed E-state index contributed by atoms with van der Waals surface area (Å²) >= 11 is 6.69. The van der Waals surface area contributed by atoms with Crippen molar-refractivity contribution in [3.05, 3.63) is 34.1 Å². The lowest BCUT2D eigenvalue weighted by Gasteiger charge is -2.19. The SMILES string of the molecule is CCN(CCBr)Cc1cccc(F)c1Br. The van der Waals surface area contributed by atoms with Crippen molar-refractivity contribution in [3.8, 4) is 0 Å². The molecule has 4 heteroatoms. The summed E-state index contributed by atoms with van der Waals surface area (Å²) in [6.45, 7) is 4.82. The van der Waals surface area contributed by atoms with Crippen LogP contribution in [0.1, 0.15) is 12.5 Å². The summed E-state index contributed by atoms with van der Waals surface area (Å²) in [6.07, 6.45) is 0. The molecule has 15 heavy (non-hydrogen) atoms. The van der Waals surface area contributed by atoms with Crippen molar-refractivity contribution in [1.29, 1.82) is 0 Å². The fourth-order valence-electron chi connectivity index (χ4n) is 1.38. The third-order valence-corrected chi connectivity index (χ3v) is 3.52. The van der Waals surface area contributed by atoms with Crippen molar-refractivity contribution in [2.45, 2.75) is 13.5 Å². The van der Waals surface area contributed by atoms with Gasteiger partial charge in [0, 0.05) is 18.4 Å². The Morgan fingerprint density at radius 1 is 1.40 bits per heavy atom. The van der Waals surface area contributed by atoms with Crippen molar-refractivity contribution in [2.24, 2.45) is 0 Å². The van der Waals surface area contributed by atoms with E-state index in [0.29, 0.717) is 4.47 Å². The highest BCUT2D eigenvalue weighted by Gasteiger charge is 2.08. The summed E-state index contributed by atoms with van der Waals surface area (Å²) < 4.78 is 13.8. The van der Waals surface area contributed by atoms with Crippen LogP contribution in [-0.2, 0) is 6.54 Å². The molecule has 0 saturated heterocycles. The van der Waals surface area contributed by atoms with Crippen LogP contribution in [0.5, 0.6) is 0 Å². The summed E-state index contributed by atoms with van der Waals surface area (Å²) in [5.74, 6) is -0.192. The Bertz CT molecular complexity index is 317. The van der Waals surface area contributed by atoms with Crippen molar-refractivity contribution in [1.82, 2.24) is 4.90 Å². The lowest BCUT2D eigenvalue weighted by molar-refractivity contribution is 0.298. The van der Waals surface area contributed by atoms with Crippen LogP contribution >= 0.6 is 31.9 Å². The van der Waals surface area contributed by atoms with E-state index < -0.39 is 0 Å². The van der Waals surface area contributed by atoms with Crippen LogP contribution < -0.4 is 0 Å². The van der Waals surface area contributed by atoms with Gasteiger partial charge in [0.25, 0.3) is 0 Å². The number of rotatable bonds is 5. The topological polar surface area (TPSA) is 3.24 Å². The quantitative estimate of drug-likeness (QED) is 0.738. The maximum atomic E-state index is 13.2. The van der Waals surface area contributed by atoms with E-state index in [1.807, 2.05) is 6.07 Å². The average molecular weight is 339 g/mol. The predicted octanol–water partition coefficient (Wildman–Crippen LogP) is 3.81. The Balaban J connectivity index is 2.74. The maximum Gasteiger partial charge on any atom is 0.137 e. The van der Waals surface area contributed by atoms with Crippen molar-refractivity contribution >= 4 is 31.9 Å². The van der Waals surface area contributed by atoms with Crippen LogP contribution in [-0.4, -0.2) is 23.3 Å². The molecule has 84 valence electrons. The van der Waals surface area contributed by atoms with Crippen molar-refractivity contribution in [3.63, 3.8) is 0 Å². The molecule has 0 aromatic heterocycles. The smallest absolute Gasteiger partial charge is 0.137 e. The second-order valence-corrected chi connectivity index (χ2v) is 4.86. The molecule has 0 aliphatic carbocycles. The van der Waals surface area contributed by atoms with Crippen LogP contribution in [0.3, 0.4) is 0 Å². The molecule has 0 atom stereocenters. The zero-order chi connectivity index (χ0) is 11.3. The van der Waals surface area contributed by atoms with Gasteiger partial charge < -0.3 is 0 Å². The third kappa shape index (κ3) is 3.85. The van der Waals surface area contributed by atoms with E-state index in [4.69, 9.17) is 0 Å². The predicted molar refractivity (Wildman–Crippen MR) is 68.8 cm³/mol. The van der Waals surface area contributed by atoms with Gasteiger partial charge in [0.15, 0.2) is 0 Å². The molecule has 0 fully saturated rings. The van der Waals surface area contributed by atoms with E-state index >= 15 is 0 Å². The molecule has 0 bridgehead atoms. The first kappa shape index (κ1) is 13.1. The first-order valence-electron chi connectivity index (χ1n) is 4.90. The number of alkyl halides is 1. The third-order valence-electron chi connectivity index (χ3n) is 2.27. The highest BCUT2D eigenvalue weighted by Crippen LogP contribution is 2.21. The molecule has 0 amide bonds. The minimum Gasteiger partial charge on any atom is -0.298 e. The highest BCUT2D eigenvalue weighted by molar-refractivity contribution is 9.10. The second-order valence-electron chi connectivity index (χ2n) is 3.27. The van der Waals surface area contributed by atoms with E-state index in [0.717, 1.165) is 30.5 Å². The van der Waals surface area contributed by atoms with E-state index in [1.165, 1.54) is 6.07 Å². The van der Waals surface area contributed by atoms with Gasteiger partial charge in [-0.3, -0.25) is 4.90 Å². The first-order valence-corrected chi connectivity index (χ1v) is 6.81. The summed E-state index contributed by atoms with van der Waals surface area (Å²) in [5, 5.41) is 0.938. The molecule has 0 heterocycles. The minimum absolute atomic E-state index is 0.192. The lowest BCUT2D eigenvalue weighted by Crippen LogP contribution is -2.25. The monoisotopic (exact) mass is 337 g/mol. The number of hydrogen-bond acceptors (Lipinski definition) is 1. The normalized spacial score (nSPS) is 11.0.